The molecule has 2 aliphatic rings. The summed E-state index contributed by atoms with van der Waals surface area (Å²) in [6.45, 7) is 1.27. The first-order valence-corrected chi connectivity index (χ1v) is 9.03. The average Bonchev–Trinajstić information content (AvgIpc) is 2.99. The second-order valence-corrected chi connectivity index (χ2v) is 7.93. The molecule has 130 valence electrons. The minimum atomic E-state index is -0.456. The molecule has 0 unspecified atom stereocenters. The van der Waals surface area contributed by atoms with Gasteiger partial charge in [0.05, 0.1) is 4.75 Å². The van der Waals surface area contributed by atoms with Crippen LogP contribution in [0.5, 0.6) is 11.6 Å². The van der Waals surface area contributed by atoms with Gasteiger partial charge in [-0.2, -0.15) is 0 Å². The lowest BCUT2D eigenvalue weighted by molar-refractivity contribution is 0.0513. The molecule has 7 heteroatoms. The molecule has 2 saturated heterocycles. The molecule has 4 rings (SSSR count). The van der Waals surface area contributed by atoms with Crippen molar-refractivity contribution in [1.29, 1.82) is 0 Å². The van der Waals surface area contributed by atoms with Crippen LogP contribution in [0.4, 0.5) is 4.39 Å². The quantitative estimate of drug-likeness (QED) is 0.912. The van der Waals surface area contributed by atoms with Gasteiger partial charge in [0.2, 0.25) is 0 Å². The van der Waals surface area contributed by atoms with Crippen LogP contribution in [0.25, 0.3) is 0 Å². The third-order valence-electron chi connectivity index (χ3n) is 4.52. The van der Waals surface area contributed by atoms with E-state index in [1.165, 1.54) is 24.4 Å². The van der Waals surface area contributed by atoms with E-state index < -0.39 is 5.82 Å². The molecule has 0 saturated carbocycles. The molecule has 1 aromatic carbocycles. The van der Waals surface area contributed by atoms with Gasteiger partial charge in [-0.3, -0.25) is 4.79 Å². The Kier molecular flexibility index (Phi) is 4.03. The van der Waals surface area contributed by atoms with Crippen LogP contribution in [0.15, 0.2) is 42.6 Å². The van der Waals surface area contributed by atoms with Gasteiger partial charge in [0.1, 0.15) is 11.9 Å². The van der Waals surface area contributed by atoms with Crippen molar-refractivity contribution in [2.75, 3.05) is 18.8 Å². The molecule has 2 fully saturated rings. The van der Waals surface area contributed by atoms with E-state index in [0.717, 1.165) is 12.2 Å². The van der Waals surface area contributed by atoms with Crippen LogP contribution in [0.3, 0.4) is 0 Å². The Morgan fingerprint density at radius 3 is 2.96 bits per heavy atom. The molecular weight excluding hydrogens is 343 g/mol. The van der Waals surface area contributed by atoms with Crippen molar-refractivity contribution in [3.05, 3.63) is 54.0 Å². The topological polar surface area (TPSA) is 62.7 Å². The summed E-state index contributed by atoms with van der Waals surface area (Å²) >= 11 is 1.77. The highest BCUT2D eigenvalue weighted by atomic mass is 32.2. The number of halogens is 1. The number of thioether (sulfide) groups is 1. The molecule has 2 aliphatic heterocycles. The Hall–Kier alpha value is -2.28. The molecule has 1 atom stereocenters. The molecule has 25 heavy (non-hydrogen) atoms. The fourth-order valence-corrected chi connectivity index (χ4v) is 4.85. The van der Waals surface area contributed by atoms with Crippen LogP contribution in [-0.4, -0.2) is 50.6 Å². The average molecular weight is 360 g/mol. The van der Waals surface area contributed by atoms with Gasteiger partial charge in [-0.25, -0.2) is 9.37 Å². The Labute approximate surface area is 148 Å². The first-order valence-electron chi connectivity index (χ1n) is 8.04. The van der Waals surface area contributed by atoms with Crippen molar-refractivity contribution in [2.24, 2.45) is 0 Å². The summed E-state index contributed by atoms with van der Waals surface area (Å²) in [5.41, 5.74) is 0.487. The predicted molar refractivity (Wildman–Crippen MR) is 92.4 cm³/mol. The summed E-state index contributed by atoms with van der Waals surface area (Å²) in [6.07, 6.45) is 2.17. The van der Waals surface area contributed by atoms with Crippen molar-refractivity contribution < 1.29 is 19.0 Å². The molecule has 3 heterocycles. The number of pyridine rings is 1. The SMILES string of the molecule is O=C(c1cccc(O)c1)N1CC2(C[C@H](Oc3ncccc3F)CS2)C1. The number of ether oxygens (including phenoxy) is 1. The maximum Gasteiger partial charge on any atom is 0.254 e. The first-order chi connectivity index (χ1) is 12.0. The highest BCUT2D eigenvalue weighted by Crippen LogP contribution is 2.46. The molecule has 0 bridgehead atoms. The van der Waals surface area contributed by atoms with Gasteiger partial charge in [0.15, 0.2) is 5.82 Å². The van der Waals surface area contributed by atoms with Crippen molar-refractivity contribution in [1.82, 2.24) is 9.88 Å². The van der Waals surface area contributed by atoms with Crippen molar-refractivity contribution >= 4 is 17.7 Å². The van der Waals surface area contributed by atoms with Crippen LogP contribution >= 0.6 is 11.8 Å². The first kappa shape index (κ1) is 16.2. The van der Waals surface area contributed by atoms with E-state index >= 15 is 0 Å². The molecule has 1 N–H and O–H groups in total. The number of aromatic nitrogens is 1. The van der Waals surface area contributed by atoms with Gasteiger partial charge in [-0.1, -0.05) is 6.07 Å². The lowest BCUT2D eigenvalue weighted by atomic mass is 9.92. The van der Waals surface area contributed by atoms with Gasteiger partial charge in [-0.05, 0) is 30.3 Å². The number of amides is 1. The van der Waals surface area contributed by atoms with Gasteiger partial charge in [0.25, 0.3) is 11.8 Å². The molecule has 2 aromatic rings. The Morgan fingerprint density at radius 2 is 2.20 bits per heavy atom. The summed E-state index contributed by atoms with van der Waals surface area (Å²) in [4.78, 5) is 18.2. The number of nitrogens with zero attached hydrogens (tertiary/aromatic N) is 2. The normalized spacial score (nSPS) is 21.2. The maximum absolute atomic E-state index is 13.7. The second kappa shape index (κ2) is 6.22. The number of hydrogen-bond acceptors (Lipinski definition) is 5. The number of aromatic hydroxyl groups is 1. The largest absolute Gasteiger partial charge is 0.508 e. The zero-order chi connectivity index (χ0) is 17.4. The van der Waals surface area contributed by atoms with Crippen LogP contribution in [0.1, 0.15) is 16.8 Å². The minimum Gasteiger partial charge on any atom is -0.508 e. The highest BCUT2D eigenvalue weighted by Gasteiger charge is 2.51. The smallest absolute Gasteiger partial charge is 0.254 e. The number of phenolic OH excluding ortho intramolecular Hbond substituents is 1. The number of carbonyl (C=O) groups is 1. The molecule has 1 aromatic heterocycles. The zero-order valence-electron chi connectivity index (χ0n) is 13.4. The van der Waals surface area contributed by atoms with Crippen LogP contribution in [0.2, 0.25) is 0 Å². The van der Waals surface area contributed by atoms with E-state index in [1.807, 2.05) is 0 Å². The third-order valence-corrected chi connectivity index (χ3v) is 6.09. The molecule has 5 nitrogen and oxygen atoms in total. The molecule has 0 aliphatic carbocycles. The lowest BCUT2D eigenvalue weighted by Crippen LogP contribution is -2.60. The van der Waals surface area contributed by atoms with Crippen molar-refractivity contribution in [3.63, 3.8) is 0 Å². The summed E-state index contributed by atoms with van der Waals surface area (Å²) in [7, 11) is 0. The Morgan fingerprint density at radius 1 is 1.36 bits per heavy atom. The third kappa shape index (κ3) is 3.16. The van der Waals surface area contributed by atoms with Crippen molar-refractivity contribution in [3.8, 4) is 11.6 Å². The standard InChI is InChI=1S/C18H17FN2O3S/c19-15-5-2-6-20-16(15)24-14-8-18(25-9-14)10-21(11-18)17(23)12-3-1-4-13(22)7-12/h1-7,14,22H,8-11H2/t14-/m0/s1. The molecule has 0 radical (unpaired) electrons. The lowest BCUT2D eigenvalue weighted by Gasteiger charge is -2.47. The summed E-state index contributed by atoms with van der Waals surface area (Å²) in [5, 5.41) is 9.51. The van der Waals surface area contributed by atoms with Gasteiger partial charge in [-0.15, -0.1) is 11.8 Å². The second-order valence-electron chi connectivity index (χ2n) is 6.44. The van der Waals surface area contributed by atoms with E-state index in [-0.39, 0.29) is 28.4 Å². The Bertz CT molecular complexity index is 810. The summed E-state index contributed by atoms with van der Waals surface area (Å²) in [5.74, 6) is 0.342. The van der Waals surface area contributed by atoms with Crippen LogP contribution < -0.4 is 4.74 Å². The number of likely N-dealkylation sites (tertiary alicyclic amines) is 1. The monoisotopic (exact) mass is 360 g/mol. The predicted octanol–water partition coefficient (Wildman–Crippen LogP) is 2.71. The number of phenols is 1. The maximum atomic E-state index is 13.7. The molecular formula is C18H17FN2O3S. The van der Waals surface area contributed by atoms with E-state index in [4.69, 9.17) is 4.74 Å². The number of carbonyl (C=O) groups excluding carboxylic acids is 1. The number of hydrogen-bond donors (Lipinski definition) is 1. The van der Waals surface area contributed by atoms with E-state index in [0.29, 0.717) is 18.7 Å². The summed E-state index contributed by atoms with van der Waals surface area (Å²) in [6, 6.07) is 9.24. The van der Waals surface area contributed by atoms with E-state index in [9.17, 15) is 14.3 Å². The van der Waals surface area contributed by atoms with E-state index in [2.05, 4.69) is 4.98 Å². The van der Waals surface area contributed by atoms with Crippen molar-refractivity contribution in [2.45, 2.75) is 17.3 Å². The zero-order valence-corrected chi connectivity index (χ0v) is 14.2. The minimum absolute atomic E-state index is 0.0254. The molecule has 1 amide bonds. The van der Waals surface area contributed by atoms with Crippen LogP contribution in [-0.2, 0) is 0 Å². The van der Waals surface area contributed by atoms with Gasteiger partial charge >= 0.3 is 0 Å². The number of rotatable bonds is 3. The van der Waals surface area contributed by atoms with Crippen LogP contribution in [0, 0.1) is 5.82 Å². The van der Waals surface area contributed by atoms with Gasteiger partial charge in [0, 0.05) is 37.0 Å². The number of benzene rings is 1. The van der Waals surface area contributed by atoms with E-state index in [1.54, 1.807) is 34.9 Å². The Balaban J connectivity index is 1.36. The van der Waals surface area contributed by atoms with Gasteiger partial charge < -0.3 is 14.7 Å². The fourth-order valence-electron chi connectivity index (χ4n) is 3.33. The molecule has 1 spiro atoms. The highest BCUT2D eigenvalue weighted by molar-refractivity contribution is 8.01. The fraction of sp³-hybridized carbons (Fsp3) is 0.333. The summed E-state index contributed by atoms with van der Waals surface area (Å²) < 4.78 is 19.3.